The first kappa shape index (κ1) is 17.3. The SMILES string of the molecule is CC1c2ccc(-c3ccco3)cc2CCN1C(=O)c1cc2ccc(Br)cn2n1. The highest BCUT2D eigenvalue weighted by molar-refractivity contribution is 9.10. The van der Waals surface area contributed by atoms with Gasteiger partial charge < -0.3 is 9.32 Å². The molecule has 4 heterocycles. The van der Waals surface area contributed by atoms with Crippen LogP contribution in [-0.2, 0) is 6.42 Å². The van der Waals surface area contributed by atoms with Crippen LogP contribution in [0.15, 0.2) is 69.9 Å². The van der Waals surface area contributed by atoms with Crippen molar-refractivity contribution in [2.24, 2.45) is 0 Å². The molecule has 1 unspecified atom stereocenters. The average Bonchev–Trinajstić information content (AvgIpc) is 3.37. The third-order valence-electron chi connectivity index (χ3n) is 5.39. The topological polar surface area (TPSA) is 50.8 Å². The van der Waals surface area contributed by atoms with Gasteiger partial charge in [0.1, 0.15) is 5.76 Å². The first-order valence-electron chi connectivity index (χ1n) is 9.23. The summed E-state index contributed by atoms with van der Waals surface area (Å²) in [6.07, 6.45) is 4.36. The van der Waals surface area contributed by atoms with Crippen LogP contribution in [0.4, 0.5) is 0 Å². The maximum atomic E-state index is 13.2. The van der Waals surface area contributed by atoms with E-state index < -0.39 is 0 Å². The fraction of sp³-hybridized carbons (Fsp3) is 0.182. The molecule has 0 fully saturated rings. The quantitative estimate of drug-likeness (QED) is 0.439. The van der Waals surface area contributed by atoms with Crippen molar-refractivity contribution in [3.63, 3.8) is 0 Å². The van der Waals surface area contributed by atoms with E-state index in [2.05, 4.69) is 46.2 Å². The van der Waals surface area contributed by atoms with Crippen molar-refractivity contribution in [1.29, 1.82) is 0 Å². The number of benzene rings is 1. The first-order chi connectivity index (χ1) is 13.6. The number of nitrogens with zero attached hydrogens (tertiary/aromatic N) is 3. The van der Waals surface area contributed by atoms with Crippen molar-refractivity contribution in [3.05, 3.63) is 82.3 Å². The standard InChI is InChI=1S/C22H18BrN3O2/c1-14-19-7-4-16(21-3-2-10-28-21)11-15(19)8-9-25(14)22(27)20-12-18-6-5-17(23)13-26(18)24-20/h2-7,10-14H,8-9H2,1H3. The van der Waals surface area contributed by atoms with Gasteiger partial charge in [-0.2, -0.15) is 5.10 Å². The molecule has 1 aromatic carbocycles. The lowest BCUT2D eigenvalue weighted by molar-refractivity contribution is 0.0671. The summed E-state index contributed by atoms with van der Waals surface area (Å²) in [7, 11) is 0. The lowest BCUT2D eigenvalue weighted by Crippen LogP contribution is -2.39. The van der Waals surface area contributed by atoms with Gasteiger partial charge >= 0.3 is 0 Å². The van der Waals surface area contributed by atoms with Crippen LogP contribution in [0.3, 0.4) is 0 Å². The molecule has 0 radical (unpaired) electrons. The molecule has 0 N–H and O–H groups in total. The molecule has 1 amide bonds. The number of hydrogen-bond acceptors (Lipinski definition) is 3. The zero-order valence-corrected chi connectivity index (χ0v) is 16.9. The zero-order valence-electron chi connectivity index (χ0n) is 15.3. The predicted octanol–water partition coefficient (Wildman–Crippen LogP) is 5.12. The number of hydrogen-bond donors (Lipinski definition) is 0. The van der Waals surface area contributed by atoms with Crippen molar-refractivity contribution in [2.45, 2.75) is 19.4 Å². The Morgan fingerprint density at radius 3 is 2.93 bits per heavy atom. The highest BCUT2D eigenvalue weighted by atomic mass is 79.9. The van der Waals surface area contributed by atoms with E-state index in [1.807, 2.05) is 41.4 Å². The van der Waals surface area contributed by atoms with Gasteiger partial charge in [-0.15, -0.1) is 0 Å². The Kier molecular flexibility index (Phi) is 4.09. The van der Waals surface area contributed by atoms with Gasteiger partial charge in [0.2, 0.25) is 0 Å². The molecule has 28 heavy (non-hydrogen) atoms. The monoisotopic (exact) mass is 435 g/mol. The maximum absolute atomic E-state index is 13.2. The minimum Gasteiger partial charge on any atom is -0.464 e. The van der Waals surface area contributed by atoms with E-state index in [1.165, 1.54) is 11.1 Å². The van der Waals surface area contributed by atoms with Crippen molar-refractivity contribution < 1.29 is 9.21 Å². The molecule has 140 valence electrons. The van der Waals surface area contributed by atoms with Crippen LogP contribution in [-0.4, -0.2) is 27.0 Å². The second-order valence-electron chi connectivity index (χ2n) is 7.06. The van der Waals surface area contributed by atoms with E-state index >= 15 is 0 Å². The number of aromatic nitrogens is 2. The molecule has 1 atom stereocenters. The molecule has 1 aliphatic heterocycles. The molecular formula is C22H18BrN3O2. The minimum atomic E-state index is -0.0342. The summed E-state index contributed by atoms with van der Waals surface area (Å²) >= 11 is 3.44. The van der Waals surface area contributed by atoms with Gasteiger partial charge in [-0.25, -0.2) is 4.52 Å². The molecule has 0 spiro atoms. The van der Waals surface area contributed by atoms with E-state index in [9.17, 15) is 4.79 Å². The van der Waals surface area contributed by atoms with E-state index in [0.29, 0.717) is 12.2 Å². The van der Waals surface area contributed by atoms with Crippen LogP contribution >= 0.6 is 15.9 Å². The number of fused-ring (bicyclic) bond motifs is 2. The van der Waals surface area contributed by atoms with Crippen LogP contribution in [0, 0.1) is 0 Å². The minimum absolute atomic E-state index is 0.00144. The van der Waals surface area contributed by atoms with Crippen molar-refractivity contribution in [2.75, 3.05) is 6.54 Å². The highest BCUT2D eigenvalue weighted by Crippen LogP contribution is 2.33. The number of furan rings is 1. The predicted molar refractivity (Wildman–Crippen MR) is 110 cm³/mol. The summed E-state index contributed by atoms with van der Waals surface area (Å²) < 4.78 is 8.17. The number of amides is 1. The number of carbonyl (C=O) groups is 1. The molecule has 1 aliphatic rings. The van der Waals surface area contributed by atoms with Gasteiger partial charge in [-0.05, 0) is 76.8 Å². The van der Waals surface area contributed by atoms with Crippen molar-refractivity contribution in [3.8, 4) is 11.3 Å². The second kappa shape index (κ2) is 6.63. The summed E-state index contributed by atoms with van der Waals surface area (Å²) in [5.41, 5.74) is 4.90. The molecule has 0 bridgehead atoms. The molecule has 5 rings (SSSR count). The molecule has 6 heteroatoms. The Balaban J connectivity index is 1.45. The van der Waals surface area contributed by atoms with Crippen molar-refractivity contribution >= 4 is 27.4 Å². The number of halogens is 1. The average molecular weight is 436 g/mol. The third-order valence-corrected chi connectivity index (χ3v) is 5.86. The van der Waals surface area contributed by atoms with Crippen LogP contribution in [0.1, 0.15) is 34.6 Å². The normalized spacial score (nSPS) is 16.4. The Hall–Kier alpha value is -2.86. The Labute approximate surface area is 170 Å². The van der Waals surface area contributed by atoms with Crippen molar-refractivity contribution in [1.82, 2.24) is 14.5 Å². The molecule has 0 saturated heterocycles. The van der Waals surface area contributed by atoms with E-state index in [0.717, 1.165) is 27.7 Å². The maximum Gasteiger partial charge on any atom is 0.274 e. The van der Waals surface area contributed by atoms with Crippen LogP contribution in [0.5, 0.6) is 0 Å². The third kappa shape index (κ3) is 2.85. The van der Waals surface area contributed by atoms with Gasteiger partial charge in [0.15, 0.2) is 5.69 Å². The van der Waals surface area contributed by atoms with Gasteiger partial charge in [-0.1, -0.05) is 12.1 Å². The highest BCUT2D eigenvalue weighted by Gasteiger charge is 2.30. The molecule has 3 aromatic heterocycles. The first-order valence-corrected chi connectivity index (χ1v) is 10.0. The fourth-order valence-electron chi connectivity index (χ4n) is 3.92. The molecular weight excluding hydrogens is 418 g/mol. The summed E-state index contributed by atoms with van der Waals surface area (Å²) in [5, 5.41) is 4.47. The number of rotatable bonds is 2. The van der Waals surface area contributed by atoms with E-state index in [-0.39, 0.29) is 11.9 Å². The molecule has 4 aromatic rings. The Morgan fingerprint density at radius 2 is 2.11 bits per heavy atom. The van der Waals surface area contributed by atoms with Gasteiger partial charge in [0, 0.05) is 22.8 Å². The van der Waals surface area contributed by atoms with E-state index in [4.69, 9.17) is 4.42 Å². The second-order valence-corrected chi connectivity index (χ2v) is 7.98. The summed E-state index contributed by atoms with van der Waals surface area (Å²) in [6, 6.07) is 15.9. The van der Waals surface area contributed by atoms with Gasteiger partial charge in [-0.3, -0.25) is 4.79 Å². The van der Waals surface area contributed by atoms with Gasteiger partial charge in [0.25, 0.3) is 5.91 Å². The van der Waals surface area contributed by atoms with Crippen LogP contribution < -0.4 is 0 Å². The number of pyridine rings is 1. The largest absolute Gasteiger partial charge is 0.464 e. The van der Waals surface area contributed by atoms with E-state index in [1.54, 1.807) is 10.8 Å². The Bertz CT molecular complexity index is 1180. The zero-order chi connectivity index (χ0) is 19.3. The lowest BCUT2D eigenvalue weighted by Gasteiger charge is -2.35. The number of carbonyl (C=O) groups excluding carboxylic acids is 1. The molecule has 5 nitrogen and oxygen atoms in total. The lowest BCUT2D eigenvalue weighted by atomic mass is 9.91. The Morgan fingerprint density at radius 1 is 1.21 bits per heavy atom. The van der Waals surface area contributed by atoms with Crippen LogP contribution in [0.25, 0.3) is 16.8 Å². The smallest absolute Gasteiger partial charge is 0.274 e. The molecule has 0 saturated carbocycles. The van der Waals surface area contributed by atoms with Crippen LogP contribution in [0.2, 0.25) is 0 Å². The summed E-state index contributed by atoms with van der Waals surface area (Å²) in [6.45, 7) is 2.75. The summed E-state index contributed by atoms with van der Waals surface area (Å²) in [4.78, 5) is 15.1. The van der Waals surface area contributed by atoms with Gasteiger partial charge in [0.05, 0.1) is 17.8 Å². The fourth-order valence-corrected chi connectivity index (χ4v) is 4.25. The molecule has 0 aliphatic carbocycles. The summed E-state index contributed by atoms with van der Waals surface area (Å²) in [5.74, 6) is 0.831.